The van der Waals surface area contributed by atoms with Crippen molar-refractivity contribution in [2.24, 2.45) is 4.99 Å². The van der Waals surface area contributed by atoms with Gasteiger partial charge in [-0.15, -0.1) is 24.0 Å². The first-order valence-electron chi connectivity index (χ1n) is 10.7. The zero-order valence-electron chi connectivity index (χ0n) is 18.8. The number of hydrogen-bond donors (Lipinski definition) is 2. The van der Waals surface area contributed by atoms with Crippen molar-refractivity contribution in [2.75, 3.05) is 50.8 Å². The van der Waals surface area contributed by atoms with Gasteiger partial charge in [-0.05, 0) is 46.2 Å². The second-order valence-corrected chi connectivity index (χ2v) is 7.78. The molecule has 1 fully saturated rings. The van der Waals surface area contributed by atoms with Gasteiger partial charge in [-0.2, -0.15) is 0 Å². The number of halogens is 1. The monoisotopic (exact) mass is 517 g/mol. The number of benzene rings is 1. The Labute approximate surface area is 194 Å². The van der Waals surface area contributed by atoms with Gasteiger partial charge in [-0.1, -0.05) is 18.2 Å². The first kappa shape index (κ1) is 26.0. The molecule has 1 saturated heterocycles. The van der Waals surface area contributed by atoms with Crippen LogP contribution in [-0.4, -0.2) is 68.9 Å². The molecule has 0 bridgehead atoms. The summed E-state index contributed by atoms with van der Waals surface area (Å²) >= 11 is 0. The molecule has 0 atom stereocenters. The lowest BCUT2D eigenvalue weighted by atomic mass is 10.1. The maximum absolute atomic E-state index is 5.50. The summed E-state index contributed by atoms with van der Waals surface area (Å²) in [6.45, 7) is 18.0. The van der Waals surface area contributed by atoms with Crippen molar-refractivity contribution in [1.29, 1.82) is 0 Å². The summed E-state index contributed by atoms with van der Waals surface area (Å²) in [7, 11) is 0. The average Bonchev–Trinajstić information content (AvgIpc) is 2.69. The molecule has 2 N–H and O–H groups in total. The molecule has 1 heterocycles. The lowest BCUT2D eigenvalue weighted by Crippen LogP contribution is -2.45. The van der Waals surface area contributed by atoms with Gasteiger partial charge in [0.1, 0.15) is 0 Å². The summed E-state index contributed by atoms with van der Waals surface area (Å²) in [6, 6.07) is 9.66. The van der Waals surface area contributed by atoms with Crippen molar-refractivity contribution in [2.45, 2.75) is 53.2 Å². The standard InChI is InChI=1S/C22H39N5O.HI/c1-6-23-22(24-11-12-27(18(2)3)19(4)5)25-17-20-9-7-8-10-21(20)26-13-15-28-16-14-26;/h7-10,18-19H,6,11-17H2,1-5H3,(H2,23,24,25);1H. The van der Waals surface area contributed by atoms with E-state index in [4.69, 9.17) is 9.73 Å². The number of para-hydroxylation sites is 1. The van der Waals surface area contributed by atoms with E-state index in [1.807, 2.05) is 0 Å². The van der Waals surface area contributed by atoms with Crippen LogP contribution in [0.4, 0.5) is 5.69 Å². The quantitative estimate of drug-likeness (QED) is 0.299. The van der Waals surface area contributed by atoms with Crippen molar-refractivity contribution in [3.05, 3.63) is 29.8 Å². The minimum absolute atomic E-state index is 0. The lowest BCUT2D eigenvalue weighted by molar-refractivity contribution is 0.122. The number of aliphatic imine (C=N–C) groups is 1. The zero-order valence-corrected chi connectivity index (χ0v) is 21.1. The van der Waals surface area contributed by atoms with Crippen LogP contribution in [0.25, 0.3) is 0 Å². The molecular weight excluding hydrogens is 477 g/mol. The normalized spacial score (nSPS) is 15.0. The van der Waals surface area contributed by atoms with Gasteiger partial charge in [-0.3, -0.25) is 4.90 Å². The smallest absolute Gasteiger partial charge is 0.191 e. The number of nitrogens with zero attached hydrogens (tertiary/aromatic N) is 3. The molecule has 0 spiro atoms. The van der Waals surface area contributed by atoms with Crippen molar-refractivity contribution in [3.8, 4) is 0 Å². The van der Waals surface area contributed by atoms with Crippen LogP contribution >= 0.6 is 24.0 Å². The Hall–Kier alpha value is -1.06. The number of guanidine groups is 1. The summed E-state index contributed by atoms with van der Waals surface area (Å²) < 4.78 is 5.50. The summed E-state index contributed by atoms with van der Waals surface area (Å²) in [6.07, 6.45) is 0. The third kappa shape index (κ3) is 8.68. The molecule has 0 amide bonds. The van der Waals surface area contributed by atoms with E-state index in [-0.39, 0.29) is 24.0 Å². The Morgan fingerprint density at radius 2 is 1.76 bits per heavy atom. The highest BCUT2D eigenvalue weighted by Crippen LogP contribution is 2.22. The van der Waals surface area contributed by atoms with Crippen LogP contribution in [0.3, 0.4) is 0 Å². The molecule has 1 aromatic rings. The van der Waals surface area contributed by atoms with Gasteiger partial charge < -0.3 is 20.3 Å². The van der Waals surface area contributed by atoms with Crippen molar-refractivity contribution < 1.29 is 4.74 Å². The molecule has 1 aromatic carbocycles. The molecule has 166 valence electrons. The van der Waals surface area contributed by atoms with Crippen molar-refractivity contribution in [1.82, 2.24) is 15.5 Å². The van der Waals surface area contributed by atoms with Gasteiger partial charge >= 0.3 is 0 Å². The number of morpholine rings is 1. The predicted octanol–water partition coefficient (Wildman–Crippen LogP) is 3.32. The van der Waals surface area contributed by atoms with Crippen LogP contribution in [0.5, 0.6) is 0 Å². The topological polar surface area (TPSA) is 52.1 Å². The van der Waals surface area contributed by atoms with E-state index in [1.54, 1.807) is 0 Å². The fraction of sp³-hybridized carbons (Fsp3) is 0.682. The van der Waals surface area contributed by atoms with E-state index in [9.17, 15) is 0 Å². The number of rotatable bonds is 9. The molecule has 6 nitrogen and oxygen atoms in total. The molecule has 0 aliphatic carbocycles. The Kier molecular flexibility index (Phi) is 12.6. The SMILES string of the molecule is CCNC(=NCc1ccccc1N1CCOCC1)NCCN(C(C)C)C(C)C.I. The van der Waals surface area contributed by atoms with E-state index in [2.05, 4.69) is 79.3 Å². The third-order valence-corrected chi connectivity index (χ3v) is 5.08. The first-order valence-corrected chi connectivity index (χ1v) is 10.7. The van der Waals surface area contributed by atoms with E-state index < -0.39 is 0 Å². The summed E-state index contributed by atoms with van der Waals surface area (Å²) in [4.78, 5) is 9.73. The largest absolute Gasteiger partial charge is 0.378 e. The van der Waals surface area contributed by atoms with Crippen LogP contribution in [-0.2, 0) is 11.3 Å². The summed E-state index contributed by atoms with van der Waals surface area (Å²) in [5.74, 6) is 0.881. The Morgan fingerprint density at radius 3 is 2.38 bits per heavy atom. The van der Waals surface area contributed by atoms with Crippen LogP contribution in [0, 0.1) is 0 Å². The molecule has 7 heteroatoms. The maximum Gasteiger partial charge on any atom is 0.191 e. The molecule has 0 radical (unpaired) electrons. The fourth-order valence-electron chi connectivity index (χ4n) is 3.68. The molecule has 2 rings (SSSR count). The molecule has 29 heavy (non-hydrogen) atoms. The highest BCUT2D eigenvalue weighted by atomic mass is 127. The fourth-order valence-corrected chi connectivity index (χ4v) is 3.68. The number of nitrogens with one attached hydrogen (secondary N) is 2. The molecule has 0 saturated carbocycles. The number of hydrogen-bond acceptors (Lipinski definition) is 4. The average molecular weight is 518 g/mol. The first-order chi connectivity index (χ1) is 13.5. The van der Waals surface area contributed by atoms with Gasteiger partial charge in [0.15, 0.2) is 5.96 Å². The van der Waals surface area contributed by atoms with Crippen LogP contribution in [0.2, 0.25) is 0 Å². The van der Waals surface area contributed by atoms with Crippen molar-refractivity contribution >= 4 is 35.6 Å². The minimum atomic E-state index is 0. The van der Waals surface area contributed by atoms with E-state index in [0.717, 1.165) is 51.9 Å². The highest BCUT2D eigenvalue weighted by molar-refractivity contribution is 14.0. The zero-order chi connectivity index (χ0) is 20.4. The van der Waals surface area contributed by atoms with E-state index in [1.165, 1.54) is 11.3 Å². The predicted molar refractivity (Wildman–Crippen MR) is 135 cm³/mol. The van der Waals surface area contributed by atoms with Gasteiger partial charge in [-0.25, -0.2) is 4.99 Å². The summed E-state index contributed by atoms with van der Waals surface area (Å²) in [5.41, 5.74) is 2.53. The minimum Gasteiger partial charge on any atom is -0.378 e. The Bertz CT molecular complexity index is 595. The summed E-state index contributed by atoms with van der Waals surface area (Å²) in [5, 5.41) is 6.86. The van der Waals surface area contributed by atoms with Crippen LogP contribution in [0.15, 0.2) is 29.3 Å². The van der Waals surface area contributed by atoms with Gasteiger partial charge in [0.2, 0.25) is 0 Å². The Morgan fingerprint density at radius 1 is 1.10 bits per heavy atom. The van der Waals surface area contributed by atoms with Gasteiger partial charge in [0.25, 0.3) is 0 Å². The molecule has 1 aliphatic rings. The lowest BCUT2D eigenvalue weighted by Gasteiger charge is -2.31. The van der Waals surface area contributed by atoms with E-state index >= 15 is 0 Å². The van der Waals surface area contributed by atoms with Crippen LogP contribution < -0.4 is 15.5 Å². The maximum atomic E-state index is 5.50. The van der Waals surface area contributed by atoms with E-state index in [0.29, 0.717) is 18.6 Å². The third-order valence-electron chi connectivity index (χ3n) is 5.08. The number of ether oxygens (including phenoxy) is 1. The Balaban J connectivity index is 0.00000420. The number of anilines is 1. The molecular formula is C22H40IN5O. The highest BCUT2D eigenvalue weighted by Gasteiger charge is 2.15. The van der Waals surface area contributed by atoms with Crippen molar-refractivity contribution in [3.63, 3.8) is 0 Å². The molecule has 0 unspecified atom stereocenters. The second-order valence-electron chi connectivity index (χ2n) is 7.78. The second kappa shape index (κ2) is 14.0. The molecule has 0 aromatic heterocycles. The van der Waals surface area contributed by atoms with Gasteiger partial charge in [0.05, 0.1) is 19.8 Å². The molecule has 1 aliphatic heterocycles. The van der Waals surface area contributed by atoms with Gasteiger partial charge in [0, 0.05) is 50.5 Å². The van der Waals surface area contributed by atoms with Crippen LogP contribution in [0.1, 0.15) is 40.2 Å².